The van der Waals surface area contributed by atoms with Gasteiger partial charge >= 0.3 is 0 Å². The lowest BCUT2D eigenvalue weighted by molar-refractivity contribution is 0.440. The number of thioether (sulfide) groups is 1. The Balaban J connectivity index is 1.55. The van der Waals surface area contributed by atoms with Crippen LogP contribution in [-0.4, -0.2) is 67.3 Å². The molecule has 2 aromatic heterocycles. The maximum Gasteiger partial charge on any atom is 0.157 e. The molecule has 2 aromatic rings. The molecule has 0 aromatic carbocycles. The van der Waals surface area contributed by atoms with Gasteiger partial charge in [0.05, 0.1) is 5.56 Å². The highest BCUT2D eigenvalue weighted by molar-refractivity contribution is 7.99. The molecule has 2 fully saturated rings. The molecule has 8 nitrogen and oxygen atoms in total. The van der Waals surface area contributed by atoms with Crippen molar-refractivity contribution in [3.8, 4) is 6.07 Å². The minimum Gasteiger partial charge on any atom is -0.389 e. The van der Waals surface area contributed by atoms with Gasteiger partial charge in [0.25, 0.3) is 0 Å². The number of likely N-dealkylation sites (N-methyl/N-ethyl adjacent to an activating group) is 1. The quantitative estimate of drug-likeness (QED) is 0.220. The maximum atomic E-state index is 10.0. The standard InChI is InChI=1S/C33H48N8S2/c1-5-8-24(30(37-4)25-9-6-10-27-29(25)26(20-34)31(35)43-27)22(2)32-39-23(11-18-42-17-7-14-36-3)19-28(40-32)41-16-15-38-33(21-41)12-13-33/h19,36-38H,5-18,21,35H2,1-4H3/b24-22+,30-25+. The van der Waals surface area contributed by atoms with Gasteiger partial charge in [-0.05, 0) is 100 Å². The minimum absolute atomic E-state index is 0.272. The summed E-state index contributed by atoms with van der Waals surface area (Å²) in [7, 11) is 4.02. The fourth-order valence-electron chi connectivity index (χ4n) is 6.48. The fourth-order valence-corrected chi connectivity index (χ4v) is 8.48. The van der Waals surface area contributed by atoms with E-state index in [1.165, 1.54) is 35.3 Å². The summed E-state index contributed by atoms with van der Waals surface area (Å²) in [5.41, 5.74) is 14.1. The summed E-state index contributed by atoms with van der Waals surface area (Å²) in [6, 6.07) is 4.65. The van der Waals surface area contributed by atoms with Crippen LogP contribution in [0, 0.1) is 11.3 Å². The molecule has 232 valence electrons. The maximum absolute atomic E-state index is 10.0. The molecule has 0 unspecified atom stereocenters. The molecule has 1 aliphatic heterocycles. The van der Waals surface area contributed by atoms with Gasteiger partial charge in [0.2, 0.25) is 0 Å². The van der Waals surface area contributed by atoms with E-state index in [9.17, 15) is 5.26 Å². The number of nitrogen functional groups attached to an aromatic ring is 1. The molecule has 2 aliphatic carbocycles. The van der Waals surface area contributed by atoms with Crippen LogP contribution in [-0.2, 0) is 12.8 Å². The van der Waals surface area contributed by atoms with Crippen molar-refractivity contribution in [3.63, 3.8) is 0 Å². The van der Waals surface area contributed by atoms with E-state index in [-0.39, 0.29) is 5.54 Å². The number of aromatic nitrogens is 2. The largest absolute Gasteiger partial charge is 0.389 e. The van der Waals surface area contributed by atoms with Crippen molar-refractivity contribution in [2.75, 3.05) is 62.4 Å². The lowest BCUT2D eigenvalue weighted by Gasteiger charge is -2.35. The molecule has 10 heteroatoms. The first-order valence-corrected chi connectivity index (χ1v) is 17.9. The second kappa shape index (κ2) is 14.5. The van der Waals surface area contributed by atoms with Crippen LogP contribution < -0.4 is 26.6 Å². The van der Waals surface area contributed by atoms with Crippen molar-refractivity contribution >= 4 is 45.1 Å². The van der Waals surface area contributed by atoms with E-state index in [1.807, 2.05) is 25.9 Å². The summed E-state index contributed by atoms with van der Waals surface area (Å²) in [5, 5.41) is 21.2. The van der Waals surface area contributed by atoms with Crippen molar-refractivity contribution in [2.24, 2.45) is 0 Å². The van der Waals surface area contributed by atoms with Crippen LogP contribution in [0.4, 0.5) is 10.8 Å². The molecule has 3 heterocycles. The summed E-state index contributed by atoms with van der Waals surface area (Å²) in [6.07, 6.45) is 9.48. The number of allylic oxidation sites excluding steroid dienone is 3. The number of piperazine rings is 1. The minimum atomic E-state index is 0.272. The predicted octanol–water partition coefficient (Wildman–Crippen LogP) is 5.36. The molecule has 0 radical (unpaired) electrons. The SMILES string of the molecule is CCCC(/C(NC)=C1/CCCc2sc(N)c(C#N)c21)=C(/C)c1nc(CCSCCCNC)cc(N2CCNC3(CC3)C2)n1. The third-order valence-electron chi connectivity index (χ3n) is 8.93. The molecule has 1 saturated carbocycles. The van der Waals surface area contributed by atoms with E-state index < -0.39 is 0 Å². The summed E-state index contributed by atoms with van der Waals surface area (Å²) in [5.74, 6) is 4.10. The van der Waals surface area contributed by atoms with Gasteiger partial charge in [0, 0.05) is 60.1 Å². The topological polar surface area (TPSA) is 115 Å². The van der Waals surface area contributed by atoms with Crippen LogP contribution in [0.25, 0.3) is 11.1 Å². The first-order valence-electron chi connectivity index (χ1n) is 16.0. The van der Waals surface area contributed by atoms with Crippen LogP contribution in [0.2, 0.25) is 0 Å². The molecule has 1 spiro atoms. The Labute approximate surface area is 266 Å². The number of anilines is 2. The Morgan fingerprint density at radius 3 is 2.81 bits per heavy atom. The Morgan fingerprint density at radius 1 is 1.26 bits per heavy atom. The van der Waals surface area contributed by atoms with Crippen molar-refractivity contribution in [3.05, 3.63) is 44.9 Å². The zero-order valence-electron chi connectivity index (χ0n) is 26.4. The Hall–Kier alpha value is -2.58. The summed E-state index contributed by atoms with van der Waals surface area (Å²) in [6.45, 7) is 8.45. The molecule has 3 aliphatic rings. The molecule has 0 bridgehead atoms. The number of nitrogens with two attached hydrogens (primary N) is 1. The number of rotatable bonds is 13. The van der Waals surface area contributed by atoms with Crippen molar-refractivity contribution in [1.82, 2.24) is 25.9 Å². The third-order valence-corrected chi connectivity index (χ3v) is 11.1. The first-order chi connectivity index (χ1) is 20.9. The Bertz CT molecular complexity index is 1400. The van der Waals surface area contributed by atoms with Gasteiger partial charge < -0.3 is 26.6 Å². The average Bonchev–Trinajstić information content (AvgIpc) is 3.67. The summed E-state index contributed by atoms with van der Waals surface area (Å²) < 4.78 is 0. The van der Waals surface area contributed by atoms with Gasteiger partial charge in [-0.25, -0.2) is 9.97 Å². The number of aryl methyl sites for hydroxylation is 2. The average molecular weight is 621 g/mol. The zero-order chi connectivity index (χ0) is 30.4. The molecular formula is C33H48N8S2. The molecular weight excluding hydrogens is 573 g/mol. The highest BCUT2D eigenvalue weighted by atomic mass is 32.2. The molecule has 5 N–H and O–H groups in total. The molecule has 43 heavy (non-hydrogen) atoms. The number of nitriles is 1. The van der Waals surface area contributed by atoms with E-state index in [1.54, 1.807) is 11.3 Å². The van der Waals surface area contributed by atoms with Gasteiger partial charge in [-0.15, -0.1) is 11.3 Å². The van der Waals surface area contributed by atoms with Crippen LogP contribution in [0.5, 0.6) is 0 Å². The molecule has 1 saturated heterocycles. The van der Waals surface area contributed by atoms with Crippen molar-refractivity contribution < 1.29 is 0 Å². The lowest BCUT2D eigenvalue weighted by atomic mass is 9.85. The second-order valence-electron chi connectivity index (χ2n) is 12.1. The lowest BCUT2D eigenvalue weighted by Crippen LogP contribution is -2.52. The van der Waals surface area contributed by atoms with E-state index in [2.05, 4.69) is 46.8 Å². The van der Waals surface area contributed by atoms with Gasteiger partial charge in [0.1, 0.15) is 16.9 Å². The zero-order valence-corrected chi connectivity index (χ0v) is 28.0. The van der Waals surface area contributed by atoms with Crippen LogP contribution in [0.15, 0.2) is 17.3 Å². The molecule has 5 rings (SSSR count). The monoisotopic (exact) mass is 620 g/mol. The van der Waals surface area contributed by atoms with E-state index in [0.29, 0.717) is 10.6 Å². The molecule has 0 amide bonds. The number of fused-ring (bicyclic) bond motifs is 1. The third kappa shape index (κ3) is 7.22. The number of hydrogen-bond acceptors (Lipinski definition) is 10. The normalized spacial score (nSPS) is 19.1. The van der Waals surface area contributed by atoms with Crippen LogP contribution in [0.1, 0.15) is 86.3 Å². The van der Waals surface area contributed by atoms with Gasteiger partial charge in [0.15, 0.2) is 5.82 Å². The highest BCUT2D eigenvalue weighted by Gasteiger charge is 2.45. The fraction of sp³-hybridized carbons (Fsp3) is 0.606. The van der Waals surface area contributed by atoms with Crippen LogP contribution in [0.3, 0.4) is 0 Å². The molecule has 0 atom stereocenters. The predicted molar refractivity (Wildman–Crippen MR) is 184 cm³/mol. The smallest absolute Gasteiger partial charge is 0.157 e. The Kier molecular flexibility index (Phi) is 10.7. The van der Waals surface area contributed by atoms with E-state index in [4.69, 9.17) is 15.7 Å². The second-order valence-corrected chi connectivity index (χ2v) is 14.4. The number of nitrogens with zero attached hydrogens (tertiary/aromatic N) is 4. The van der Waals surface area contributed by atoms with Gasteiger partial charge in [-0.3, -0.25) is 0 Å². The number of thiophene rings is 1. The highest BCUT2D eigenvalue weighted by Crippen LogP contribution is 2.44. The number of nitrogens with one attached hydrogen (secondary N) is 3. The van der Waals surface area contributed by atoms with Crippen LogP contribution >= 0.6 is 23.1 Å². The number of hydrogen-bond donors (Lipinski definition) is 4. The summed E-state index contributed by atoms with van der Waals surface area (Å²) >= 11 is 3.58. The van der Waals surface area contributed by atoms with Gasteiger partial charge in [-0.1, -0.05) is 13.3 Å². The Morgan fingerprint density at radius 2 is 2.09 bits per heavy atom. The van der Waals surface area contributed by atoms with Crippen molar-refractivity contribution in [1.29, 1.82) is 5.26 Å². The first kappa shape index (κ1) is 31.8. The van der Waals surface area contributed by atoms with Gasteiger partial charge in [-0.2, -0.15) is 17.0 Å². The van der Waals surface area contributed by atoms with E-state index in [0.717, 1.165) is 110 Å². The summed E-state index contributed by atoms with van der Waals surface area (Å²) in [4.78, 5) is 14.2. The van der Waals surface area contributed by atoms with E-state index >= 15 is 0 Å². The van der Waals surface area contributed by atoms with Crippen molar-refractivity contribution in [2.45, 2.75) is 77.2 Å².